The summed E-state index contributed by atoms with van der Waals surface area (Å²) >= 11 is 0. The highest BCUT2D eigenvalue weighted by molar-refractivity contribution is 6.23. The molecule has 3 aromatic heterocycles. The highest BCUT2D eigenvalue weighted by atomic mass is 15.0. The van der Waals surface area contributed by atoms with Crippen molar-refractivity contribution in [2.45, 2.75) is 0 Å². The largest absolute Gasteiger partial charge is 0.308 e. The molecule has 0 bridgehead atoms. The smallest absolute Gasteiger partial charge is 0.160 e. The van der Waals surface area contributed by atoms with E-state index in [9.17, 15) is 0 Å². The van der Waals surface area contributed by atoms with Crippen molar-refractivity contribution in [3.63, 3.8) is 0 Å². The maximum Gasteiger partial charge on any atom is 0.160 e. The van der Waals surface area contributed by atoms with Crippen LogP contribution in [0.1, 0.15) is 0 Å². The van der Waals surface area contributed by atoms with E-state index in [4.69, 9.17) is 15.0 Å². The van der Waals surface area contributed by atoms with Gasteiger partial charge in [-0.05, 0) is 57.9 Å². The molecule has 11 rings (SSSR count). The van der Waals surface area contributed by atoms with Gasteiger partial charge < -0.3 is 4.57 Å². The Kier molecular flexibility index (Phi) is 7.14. The number of fused-ring (bicyclic) bond motifs is 8. The molecular formula is C51H32N4. The number of benzene rings is 8. The van der Waals surface area contributed by atoms with Crippen molar-refractivity contribution >= 4 is 54.3 Å². The van der Waals surface area contributed by atoms with E-state index in [-0.39, 0.29) is 0 Å². The molecule has 0 aliphatic rings. The summed E-state index contributed by atoms with van der Waals surface area (Å²) < 4.78 is 2.41. The minimum atomic E-state index is 0.705. The molecule has 0 unspecified atom stereocenters. The number of pyridine rings is 1. The molecule has 55 heavy (non-hydrogen) atoms. The van der Waals surface area contributed by atoms with E-state index in [0.29, 0.717) is 5.82 Å². The SMILES string of the molecule is c1ccc(-c2cc(-c3ccc(-n4c5ccccc5c5c(-c6ccc7ccc8ccccc8c7c6)nc6ccccc6c54)cc3)nc(-c3ccccc3)n2)cc1. The topological polar surface area (TPSA) is 43.6 Å². The molecule has 0 amide bonds. The van der Waals surface area contributed by atoms with Crippen LogP contribution in [0.3, 0.4) is 0 Å². The van der Waals surface area contributed by atoms with E-state index < -0.39 is 0 Å². The van der Waals surface area contributed by atoms with Crippen LogP contribution in [-0.4, -0.2) is 19.5 Å². The molecule has 3 heterocycles. The van der Waals surface area contributed by atoms with Crippen LogP contribution in [0, 0.1) is 0 Å². The first-order valence-electron chi connectivity index (χ1n) is 18.6. The third-order valence-corrected chi connectivity index (χ3v) is 10.8. The van der Waals surface area contributed by atoms with E-state index in [1.165, 1.54) is 26.9 Å². The highest BCUT2D eigenvalue weighted by Crippen LogP contribution is 2.42. The fourth-order valence-corrected chi connectivity index (χ4v) is 8.16. The molecule has 0 fully saturated rings. The van der Waals surface area contributed by atoms with E-state index in [1.807, 2.05) is 36.4 Å². The summed E-state index contributed by atoms with van der Waals surface area (Å²) in [5, 5.41) is 8.36. The van der Waals surface area contributed by atoms with Crippen molar-refractivity contribution in [2.75, 3.05) is 0 Å². The van der Waals surface area contributed by atoms with Gasteiger partial charge in [-0.15, -0.1) is 0 Å². The molecule has 0 aliphatic carbocycles. The normalized spacial score (nSPS) is 11.6. The summed E-state index contributed by atoms with van der Waals surface area (Å²) in [6, 6.07) is 68.5. The summed E-state index contributed by atoms with van der Waals surface area (Å²) in [7, 11) is 0. The Morgan fingerprint density at radius 1 is 0.364 bits per heavy atom. The molecule has 4 nitrogen and oxygen atoms in total. The quantitative estimate of drug-likeness (QED) is 0.168. The predicted molar refractivity (Wildman–Crippen MR) is 228 cm³/mol. The Hall–Kier alpha value is -7.43. The second-order valence-corrected chi connectivity index (χ2v) is 14.0. The summed E-state index contributed by atoms with van der Waals surface area (Å²) in [4.78, 5) is 15.5. The van der Waals surface area contributed by atoms with Gasteiger partial charge in [-0.25, -0.2) is 15.0 Å². The van der Waals surface area contributed by atoms with Gasteiger partial charge in [0.1, 0.15) is 0 Å². The summed E-state index contributed by atoms with van der Waals surface area (Å²) in [6.45, 7) is 0. The van der Waals surface area contributed by atoms with Crippen molar-refractivity contribution < 1.29 is 0 Å². The van der Waals surface area contributed by atoms with Crippen molar-refractivity contribution in [3.8, 4) is 50.8 Å². The van der Waals surface area contributed by atoms with Gasteiger partial charge in [-0.3, -0.25) is 0 Å². The molecule has 0 N–H and O–H groups in total. The van der Waals surface area contributed by atoms with Crippen molar-refractivity contribution in [3.05, 3.63) is 194 Å². The molecule has 8 aromatic carbocycles. The van der Waals surface area contributed by atoms with Crippen LogP contribution in [0.2, 0.25) is 0 Å². The monoisotopic (exact) mass is 700 g/mol. The molecule has 0 saturated heterocycles. The summed E-state index contributed by atoms with van der Waals surface area (Å²) in [6.07, 6.45) is 0. The van der Waals surface area contributed by atoms with Crippen LogP contribution in [-0.2, 0) is 0 Å². The Morgan fingerprint density at radius 3 is 1.69 bits per heavy atom. The standard InChI is InChI=1S/C51H32N4/c1-3-14-35(15-4-1)45-32-46(54-51(53-45)37-16-5-2-6-17-37)36-27-29-39(30-28-36)55-47-22-12-10-20-42(47)48-49(52-44-21-11-9-19-41(44)50(48)55)38-26-25-34-24-23-33-13-7-8-18-40(33)43(34)31-38/h1-32H. The van der Waals surface area contributed by atoms with Gasteiger partial charge in [0.15, 0.2) is 5.82 Å². The molecule has 256 valence electrons. The number of para-hydroxylation sites is 2. The lowest BCUT2D eigenvalue weighted by atomic mass is 9.97. The third-order valence-electron chi connectivity index (χ3n) is 10.8. The fraction of sp³-hybridized carbons (Fsp3) is 0. The zero-order valence-corrected chi connectivity index (χ0v) is 29.8. The zero-order chi connectivity index (χ0) is 36.3. The maximum absolute atomic E-state index is 5.41. The van der Waals surface area contributed by atoms with Gasteiger partial charge in [-0.2, -0.15) is 0 Å². The molecule has 11 aromatic rings. The van der Waals surface area contributed by atoms with Gasteiger partial charge in [-0.1, -0.05) is 158 Å². The number of nitrogens with zero attached hydrogens (tertiary/aromatic N) is 4. The Morgan fingerprint density at radius 2 is 0.927 bits per heavy atom. The van der Waals surface area contributed by atoms with E-state index >= 15 is 0 Å². The van der Waals surface area contributed by atoms with Crippen LogP contribution in [0.15, 0.2) is 194 Å². The summed E-state index contributed by atoms with van der Waals surface area (Å²) in [5.41, 5.74) is 11.2. The van der Waals surface area contributed by atoms with Gasteiger partial charge in [0.05, 0.1) is 33.6 Å². The lowest BCUT2D eigenvalue weighted by molar-refractivity contribution is 1.17. The van der Waals surface area contributed by atoms with Crippen molar-refractivity contribution in [1.82, 2.24) is 19.5 Å². The van der Waals surface area contributed by atoms with Crippen molar-refractivity contribution in [1.29, 1.82) is 0 Å². The number of hydrogen-bond acceptors (Lipinski definition) is 3. The number of hydrogen-bond donors (Lipinski definition) is 0. The van der Waals surface area contributed by atoms with Crippen LogP contribution < -0.4 is 0 Å². The second-order valence-electron chi connectivity index (χ2n) is 14.0. The van der Waals surface area contributed by atoms with Gasteiger partial charge >= 0.3 is 0 Å². The average molecular weight is 701 g/mol. The summed E-state index contributed by atoms with van der Waals surface area (Å²) in [5.74, 6) is 0.705. The lowest BCUT2D eigenvalue weighted by Crippen LogP contribution is -1.98. The predicted octanol–water partition coefficient (Wildman–Crippen LogP) is 13.1. The zero-order valence-electron chi connectivity index (χ0n) is 29.8. The maximum atomic E-state index is 5.41. The third kappa shape index (κ3) is 5.19. The van der Waals surface area contributed by atoms with Crippen LogP contribution in [0.25, 0.3) is 105 Å². The van der Waals surface area contributed by atoms with Crippen LogP contribution in [0.5, 0.6) is 0 Å². The number of rotatable bonds is 5. The molecule has 0 radical (unpaired) electrons. The van der Waals surface area contributed by atoms with Gasteiger partial charge in [0.2, 0.25) is 0 Å². The molecule has 0 atom stereocenters. The molecule has 0 spiro atoms. The first-order valence-corrected chi connectivity index (χ1v) is 18.6. The fourth-order valence-electron chi connectivity index (χ4n) is 8.16. The Balaban J connectivity index is 1.12. The molecule has 0 saturated carbocycles. The van der Waals surface area contributed by atoms with E-state index in [0.717, 1.165) is 72.3 Å². The second kappa shape index (κ2) is 12.6. The van der Waals surface area contributed by atoms with Gasteiger partial charge in [0, 0.05) is 44.1 Å². The minimum absolute atomic E-state index is 0.705. The number of aromatic nitrogens is 4. The van der Waals surface area contributed by atoms with Crippen molar-refractivity contribution in [2.24, 2.45) is 0 Å². The Labute approximate surface area is 317 Å². The minimum Gasteiger partial charge on any atom is -0.308 e. The van der Waals surface area contributed by atoms with Crippen LogP contribution >= 0.6 is 0 Å². The lowest BCUT2D eigenvalue weighted by Gasteiger charge is -2.13. The van der Waals surface area contributed by atoms with Crippen LogP contribution in [0.4, 0.5) is 0 Å². The first-order chi connectivity index (χ1) is 27.3. The Bertz CT molecular complexity index is 3180. The molecule has 0 aliphatic heterocycles. The first kappa shape index (κ1) is 31.1. The average Bonchev–Trinajstić information content (AvgIpc) is 3.62. The molecule has 4 heteroatoms. The molecular weight excluding hydrogens is 669 g/mol. The highest BCUT2D eigenvalue weighted by Gasteiger charge is 2.21. The van der Waals surface area contributed by atoms with E-state index in [1.54, 1.807) is 0 Å². The van der Waals surface area contributed by atoms with Gasteiger partial charge in [0.25, 0.3) is 0 Å². The van der Waals surface area contributed by atoms with E-state index in [2.05, 4.69) is 162 Å².